The predicted molar refractivity (Wildman–Crippen MR) is 443 cm³/mol. The van der Waals surface area contributed by atoms with Crippen molar-refractivity contribution in [3.63, 3.8) is 0 Å². The molecular weight excluding hydrogens is 1610 g/mol. The van der Waals surface area contributed by atoms with Gasteiger partial charge >= 0.3 is 11.4 Å². The van der Waals surface area contributed by atoms with E-state index < -0.39 is 58.0 Å². The molecule has 0 aliphatic heterocycles. The predicted octanol–water partition coefficient (Wildman–Crippen LogP) is 19.2. The van der Waals surface area contributed by atoms with E-state index >= 15 is 0 Å². The molecule has 0 saturated heterocycles. The SMILES string of the molecule is CCN(C)c1cc(NC(C)=O)c(N=Nc2c(Br)cc([N+](=O)[O-])cc2[N+](=O)[O-])cc1OC.CCN(CC)c1ccc(N=Nc2c(C#N)cc([N+](=O)[O-])cc2C#N)c(C)c1.CCN(CC)c1ccc(N=Nc2c(C#N)cc([N+](=O)[O-])cc2C#N)c(NC(C)=O)c1.CCN(CC)c1ccc(N=Nc2c(C#N)cc([N+](=O)[O-])cc2[N+](=O)[O-])c(NC(C)=O)c1. The molecule has 8 aromatic carbocycles. The van der Waals surface area contributed by atoms with Crippen molar-refractivity contribution in [2.45, 2.75) is 76.2 Å². The number of hydrogen-bond donors (Lipinski definition) is 3. The number of aryl methyl sites for hydroxylation is 1. The monoisotopic (exact) mass is 1690 g/mol. The van der Waals surface area contributed by atoms with Gasteiger partial charge < -0.3 is 40.3 Å². The molecule has 3 amide bonds. The smallest absolute Gasteiger partial charge is 0.304 e. The number of nitro groups is 6. The van der Waals surface area contributed by atoms with E-state index in [-0.39, 0.29) is 89.8 Å². The van der Waals surface area contributed by atoms with Crippen LogP contribution in [0.4, 0.5) is 119 Å². The Morgan fingerprint density at radius 2 is 0.697 bits per heavy atom. The van der Waals surface area contributed by atoms with Gasteiger partial charge in [0.15, 0.2) is 11.4 Å². The van der Waals surface area contributed by atoms with E-state index in [0.717, 1.165) is 104 Å². The first-order valence-electron chi connectivity index (χ1n) is 35.4. The largest absolute Gasteiger partial charge is 0.494 e. The van der Waals surface area contributed by atoms with Crippen molar-refractivity contribution in [3.8, 4) is 36.1 Å². The summed E-state index contributed by atoms with van der Waals surface area (Å²) in [6, 6.07) is 35.9. The van der Waals surface area contributed by atoms with Gasteiger partial charge in [-0.2, -0.15) is 31.4 Å². The summed E-state index contributed by atoms with van der Waals surface area (Å²) < 4.78 is 5.42. The molecule has 0 aliphatic carbocycles. The number of anilines is 7. The normalized spacial score (nSPS) is 10.5. The number of rotatable bonds is 29. The number of halogens is 1. The third-order valence-corrected chi connectivity index (χ3v) is 17.4. The molecule has 8 aromatic rings. The van der Waals surface area contributed by atoms with Crippen LogP contribution < -0.4 is 40.3 Å². The second-order valence-electron chi connectivity index (χ2n) is 24.3. The van der Waals surface area contributed by atoms with Gasteiger partial charge in [-0.15, -0.1) is 35.8 Å². The molecule has 612 valence electrons. The Hall–Kier alpha value is -16.1. The summed E-state index contributed by atoms with van der Waals surface area (Å²) in [6.45, 7) is 25.4. The summed E-state index contributed by atoms with van der Waals surface area (Å²) in [6.07, 6.45) is 0. The van der Waals surface area contributed by atoms with Gasteiger partial charge in [-0.25, -0.2) is 0 Å². The number of carbonyl (C=O) groups is 3. The van der Waals surface area contributed by atoms with Gasteiger partial charge in [0.05, 0.1) is 110 Å². The van der Waals surface area contributed by atoms with E-state index in [9.17, 15) is 101 Å². The van der Waals surface area contributed by atoms with Crippen molar-refractivity contribution in [1.82, 2.24) is 0 Å². The third kappa shape index (κ3) is 25.2. The fourth-order valence-electron chi connectivity index (χ4n) is 10.8. The van der Waals surface area contributed by atoms with E-state index in [1.165, 1.54) is 33.9 Å². The molecule has 0 fully saturated rings. The molecule has 0 aliphatic rings. The molecule has 0 saturated carbocycles. The second-order valence-corrected chi connectivity index (χ2v) is 25.2. The quantitative estimate of drug-likeness (QED) is 0.0223. The summed E-state index contributed by atoms with van der Waals surface area (Å²) in [4.78, 5) is 105. The average Bonchev–Trinajstić information content (AvgIpc) is 0.815. The minimum absolute atomic E-state index is 0.0209. The van der Waals surface area contributed by atoms with Crippen LogP contribution in [0, 0.1) is 124 Å². The van der Waals surface area contributed by atoms with Crippen LogP contribution in [0.15, 0.2) is 161 Å². The summed E-state index contributed by atoms with van der Waals surface area (Å²) in [5.74, 6) is -0.556. The van der Waals surface area contributed by atoms with Crippen LogP contribution in [0.1, 0.15) is 103 Å². The van der Waals surface area contributed by atoms with Gasteiger partial charge in [-0.1, -0.05) is 0 Å². The van der Waals surface area contributed by atoms with Crippen LogP contribution in [0.2, 0.25) is 0 Å². The van der Waals surface area contributed by atoms with Crippen LogP contribution in [-0.2, 0) is 14.4 Å². The Morgan fingerprint density at radius 3 is 1.03 bits per heavy atom. The zero-order chi connectivity index (χ0) is 88.7. The standard InChI is InChI=1S/C20H19N7O3.C19H19N7O5.C19H18N6O2.C18H19BrN6O6/c1-4-26(5-2)16-6-7-18(19(10-16)23-13(3)28)24-25-20-14(11-21)8-17(27(29)30)9-15(20)12-22;1-4-24(5-2)14-6-7-16(17(9-14)21-12(3)27)22-23-19-13(11-20)8-15(25(28)29)10-18(19)26(30)31;1-4-24(5-2)16-6-7-18(13(3)8-16)22-23-19-14(11-20)9-17(25(26)27)10-15(19)12-21;1-5-23(3)15-8-13(20-10(2)26)14(9-17(15)31-4)21-22-18-12(19)6-11(24(27)28)7-16(18)25(29)30/h6-10H,4-5H2,1-3H3,(H,23,28);6-10H,4-5H2,1-3H3,(H,21,27);6-10H,4-5H2,1-3H3;6-9H,5H2,1-4H3,(H,20,26). The molecule has 3 N–H and O–H groups in total. The summed E-state index contributed by atoms with van der Waals surface area (Å²) >= 11 is 3.07. The van der Waals surface area contributed by atoms with E-state index in [4.69, 9.17) is 4.74 Å². The van der Waals surface area contributed by atoms with Gasteiger partial charge in [0.25, 0.3) is 22.7 Å². The Bertz CT molecular complexity index is 5540. The maximum absolute atomic E-state index is 11.7. The highest BCUT2D eigenvalue weighted by atomic mass is 79.9. The molecular formula is C76H75BrN26O16. The zero-order valence-electron chi connectivity index (χ0n) is 66.1. The number of azo groups is 4. The fraction of sp³-hybridized carbons (Fsp3) is 0.263. The van der Waals surface area contributed by atoms with Crippen LogP contribution in [0.25, 0.3) is 0 Å². The lowest BCUT2D eigenvalue weighted by Crippen LogP contribution is -2.21. The molecule has 43 heteroatoms. The van der Waals surface area contributed by atoms with Crippen LogP contribution in [0.3, 0.4) is 0 Å². The highest BCUT2D eigenvalue weighted by molar-refractivity contribution is 9.10. The topological polar surface area (TPSA) is 586 Å². The van der Waals surface area contributed by atoms with Gasteiger partial charge in [-0.3, -0.25) is 75.1 Å². The van der Waals surface area contributed by atoms with Crippen molar-refractivity contribution in [3.05, 3.63) is 214 Å². The number of nitrogens with one attached hydrogen (secondary N) is 3. The van der Waals surface area contributed by atoms with Gasteiger partial charge in [0.1, 0.15) is 64.5 Å². The number of benzene rings is 8. The second kappa shape index (κ2) is 44.4. The van der Waals surface area contributed by atoms with Gasteiger partial charge in [0.2, 0.25) is 17.7 Å². The highest BCUT2D eigenvalue weighted by Crippen LogP contribution is 2.45. The minimum Gasteiger partial charge on any atom is -0.494 e. The molecule has 0 aromatic heterocycles. The Labute approximate surface area is 687 Å². The van der Waals surface area contributed by atoms with E-state index in [1.807, 2.05) is 94.8 Å². The molecule has 42 nitrogen and oxygen atoms in total. The number of nitro benzene ring substituents is 6. The Morgan fingerprint density at radius 1 is 0.395 bits per heavy atom. The highest BCUT2D eigenvalue weighted by Gasteiger charge is 2.28. The summed E-state index contributed by atoms with van der Waals surface area (Å²) in [5, 5.41) is 153. The zero-order valence-corrected chi connectivity index (χ0v) is 67.7. The average molecular weight is 1690 g/mol. The third-order valence-electron chi connectivity index (χ3n) is 16.8. The van der Waals surface area contributed by atoms with Crippen LogP contribution in [-0.4, -0.2) is 107 Å². The van der Waals surface area contributed by atoms with Crippen molar-refractivity contribution in [2.75, 3.05) is 95.5 Å². The Balaban J connectivity index is 0.000000283. The molecule has 0 heterocycles. The number of nitrogens with zero attached hydrogens (tertiary/aromatic N) is 23. The Kier molecular flexibility index (Phi) is 34.9. The number of methoxy groups -OCH3 is 1. The lowest BCUT2D eigenvalue weighted by atomic mass is 10.1. The first-order chi connectivity index (χ1) is 56.6. The van der Waals surface area contributed by atoms with Crippen molar-refractivity contribution in [1.29, 1.82) is 26.3 Å². The van der Waals surface area contributed by atoms with Crippen molar-refractivity contribution < 1.29 is 48.7 Å². The summed E-state index contributed by atoms with van der Waals surface area (Å²) in [5.41, 5.74) is 2.10. The van der Waals surface area contributed by atoms with E-state index in [0.29, 0.717) is 52.5 Å². The van der Waals surface area contributed by atoms with Crippen molar-refractivity contribution >= 4 is 153 Å². The number of non-ortho nitro benzene ring substituents is 4. The van der Waals surface area contributed by atoms with Gasteiger partial charge in [-0.05, 0) is 138 Å². The number of ether oxygens (including phenoxy) is 1. The maximum Gasteiger partial charge on any atom is 0.304 e. The van der Waals surface area contributed by atoms with Crippen LogP contribution in [0.5, 0.6) is 5.75 Å². The molecule has 0 atom stereocenters. The molecule has 119 heavy (non-hydrogen) atoms. The minimum atomic E-state index is -0.875. The number of nitriles is 5. The first-order valence-corrected chi connectivity index (χ1v) is 36.2. The fourth-order valence-corrected chi connectivity index (χ4v) is 11.4. The molecule has 8 rings (SSSR count). The van der Waals surface area contributed by atoms with Gasteiger partial charge in [0, 0.05) is 133 Å². The molecule has 0 bridgehead atoms. The van der Waals surface area contributed by atoms with E-state index in [1.54, 1.807) is 54.6 Å². The maximum atomic E-state index is 11.7. The van der Waals surface area contributed by atoms with E-state index in [2.05, 4.69) is 96.4 Å². The van der Waals surface area contributed by atoms with Crippen LogP contribution >= 0.6 is 15.9 Å². The first kappa shape index (κ1) is 93.5. The molecule has 0 unspecified atom stereocenters. The number of hydrogen-bond acceptors (Lipinski definition) is 33. The molecule has 0 radical (unpaired) electrons. The lowest BCUT2D eigenvalue weighted by Gasteiger charge is -2.22. The number of amides is 3. The lowest BCUT2D eigenvalue weighted by molar-refractivity contribution is -0.394. The van der Waals surface area contributed by atoms with Crippen molar-refractivity contribution in [2.24, 2.45) is 40.9 Å². The molecule has 0 spiro atoms. The number of carbonyl (C=O) groups excluding carboxylic acids is 3. The summed E-state index contributed by atoms with van der Waals surface area (Å²) in [7, 11) is 3.31.